The zero-order valence-corrected chi connectivity index (χ0v) is 20.8. The molecule has 194 valence electrons. The average Bonchev–Trinajstić information content (AvgIpc) is 3.12. The predicted molar refractivity (Wildman–Crippen MR) is 126 cm³/mol. The van der Waals surface area contributed by atoms with Crippen LogP contribution >= 0.6 is 11.6 Å². The van der Waals surface area contributed by atoms with Crippen LogP contribution in [0.25, 0.3) is 0 Å². The summed E-state index contributed by atoms with van der Waals surface area (Å²) in [5, 5.41) is 3.88. The van der Waals surface area contributed by atoms with Crippen molar-refractivity contribution in [2.75, 3.05) is 19.0 Å². The van der Waals surface area contributed by atoms with Crippen LogP contribution in [0.1, 0.15) is 36.0 Å². The predicted octanol–water partition coefficient (Wildman–Crippen LogP) is 4.94. The number of carbonyl (C=O) groups is 2. The molecule has 2 atom stereocenters. The Kier molecular flexibility index (Phi) is 7.51. The van der Waals surface area contributed by atoms with Gasteiger partial charge in [0.1, 0.15) is 0 Å². The van der Waals surface area contributed by atoms with Gasteiger partial charge in [-0.15, -0.1) is 0 Å². The number of anilines is 1. The van der Waals surface area contributed by atoms with Crippen LogP contribution in [0.15, 0.2) is 35.2 Å². The second kappa shape index (κ2) is 10.3. The molecule has 2 aromatic rings. The number of rotatable bonds is 6. The van der Waals surface area contributed by atoms with Crippen LogP contribution in [0.2, 0.25) is 5.02 Å². The van der Waals surface area contributed by atoms with E-state index in [4.69, 9.17) is 16.3 Å². The van der Waals surface area contributed by atoms with E-state index < -0.39 is 44.5 Å². The zero-order valence-electron chi connectivity index (χ0n) is 19.2. The Hall–Kier alpha value is -2.79. The van der Waals surface area contributed by atoms with Crippen molar-refractivity contribution in [3.05, 3.63) is 58.4 Å². The summed E-state index contributed by atoms with van der Waals surface area (Å²) in [6, 6.07) is 4.94. The van der Waals surface area contributed by atoms with Crippen LogP contribution in [-0.2, 0) is 14.6 Å². The van der Waals surface area contributed by atoms with E-state index in [1.807, 2.05) is 0 Å². The number of hydrogen-bond donors (Lipinski definition) is 2. The van der Waals surface area contributed by atoms with Crippen molar-refractivity contribution in [3.8, 4) is 0 Å². The first-order chi connectivity index (χ1) is 17.0. The van der Waals surface area contributed by atoms with Crippen molar-refractivity contribution in [2.24, 2.45) is 17.8 Å². The van der Waals surface area contributed by atoms with Crippen LogP contribution < -0.4 is 10.6 Å². The Morgan fingerprint density at radius 1 is 1.06 bits per heavy atom. The number of carbonyl (C=O) groups excluding carboxylic acids is 2. The second-order valence-electron chi connectivity index (χ2n) is 9.15. The van der Waals surface area contributed by atoms with Crippen molar-refractivity contribution >= 4 is 39.1 Å². The van der Waals surface area contributed by atoms with Crippen LogP contribution in [0.4, 0.5) is 23.7 Å². The molecule has 2 aliphatic rings. The average molecular weight is 545 g/mol. The van der Waals surface area contributed by atoms with Gasteiger partial charge in [0.05, 0.1) is 21.8 Å². The molecule has 0 aromatic heterocycles. The number of ether oxygens (including phenoxy) is 1. The molecule has 0 unspecified atom stereocenters. The number of fused-ring (bicyclic) bond motifs is 2. The van der Waals surface area contributed by atoms with Crippen LogP contribution in [0.5, 0.6) is 0 Å². The van der Waals surface area contributed by atoms with Gasteiger partial charge >= 0.3 is 6.09 Å². The van der Waals surface area contributed by atoms with Crippen LogP contribution in [0.3, 0.4) is 0 Å². The molecular weight excluding hydrogens is 521 g/mol. The topological polar surface area (TPSA) is 102 Å². The minimum atomic E-state index is -3.94. The van der Waals surface area contributed by atoms with Gasteiger partial charge in [-0.25, -0.2) is 26.4 Å². The van der Waals surface area contributed by atoms with Crippen LogP contribution in [-0.4, -0.2) is 39.3 Å². The van der Waals surface area contributed by atoms with E-state index in [0.717, 1.165) is 6.07 Å². The molecule has 0 heterocycles. The van der Waals surface area contributed by atoms with E-state index in [0.29, 0.717) is 37.8 Å². The van der Waals surface area contributed by atoms with Crippen LogP contribution in [0, 0.1) is 35.2 Å². The SMILES string of the molecule is CNC(=O)OCC1C[C@@H]2CC[C@@H](C1)C2S(=O)(=O)c1cc(C(=O)Nc2cc(F)c(F)c(F)c2)ccc1Cl. The molecule has 2 amide bonds. The molecule has 4 rings (SSSR count). The Bertz CT molecular complexity index is 1270. The molecule has 0 radical (unpaired) electrons. The molecule has 36 heavy (non-hydrogen) atoms. The quantitative estimate of drug-likeness (QED) is 0.501. The van der Waals surface area contributed by atoms with Gasteiger partial charge in [0.15, 0.2) is 27.3 Å². The molecule has 0 spiro atoms. The van der Waals surface area contributed by atoms with E-state index in [1.165, 1.54) is 19.2 Å². The summed E-state index contributed by atoms with van der Waals surface area (Å²) >= 11 is 6.25. The third-order valence-corrected chi connectivity index (χ3v) is 9.74. The van der Waals surface area contributed by atoms with Gasteiger partial charge < -0.3 is 15.4 Å². The van der Waals surface area contributed by atoms with Gasteiger partial charge in [0, 0.05) is 30.4 Å². The third-order valence-electron chi connectivity index (χ3n) is 6.86. The number of alkyl carbamates (subject to hydrolysis) is 1. The molecule has 2 bridgehead atoms. The lowest BCUT2D eigenvalue weighted by atomic mass is 9.81. The maximum atomic E-state index is 13.7. The Labute approximate surface area is 211 Å². The van der Waals surface area contributed by atoms with Gasteiger partial charge in [0.25, 0.3) is 5.91 Å². The lowest BCUT2D eigenvalue weighted by Gasteiger charge is -2.34. The first kappa shape index (κ1) is 26.3. The second-order valence-corrected chi connectivity index (χ2v) is 11.6. The minimum Gasteiger partial charge on any atom is -0.449 e. The van der Waals surface area contributed by atoms with Gasteiger partial charge in [-0.2, -0.15) is 0 Å². The lowest BCUT2D eigenvalue weighted by molar-refractivity contribution is 0.102. The maximum Gasteiger partial charge on any atom is 0.406 e. The van der Waals surface area contributed by atoms with Crippen molar-refractivity contribution in [2.45, 2.75) is 35.8 Å². The standard InChI is InChI=1S/C24H24ClF3N2O5S/c1-29-24(32)35-11-12-6-13-2-3-14(7-12)22(13)36(33,34)20-8-15(4-5-17(20)25)23(31)30-16-9-18(26)21(28)19(27)10-16/h4-5,8-10,12-14,22H,2-3,6-7,11H2,1H3,(H,29,32)(H,30,31)/t12?,13-,14-,22?/m0/s1. The third kappa shape index (κ3) is 5.17. The molecule has 0 saturated heterocycles. The Balaban J connectivity index is 1.54. The van der Waals surface area contributed by atoms with Crippen molar-refractivity contribution < 1.29 is 35.9 Å². The summed E-state index contributed by atoms with van der Waals surface area (Å²) in [6.45, 7) is 0.209. The minimum absolute atomic E-state index is 0.0464. The van der Waals surface area contributed by atoms with E-state index in [9.17, 15) is 31.2 Å². The summed E-state index contributed by atoms with van der Waals surface area (Å²) in [5.74, 6) is -5.70. The molecule has 12 heteroatoms. The monoisotopic (exact) mass is 544 g/mol. The molecule has 2 fully saturated rings. The molecule has 2 saturated carbocycles. The van der Waals surface area contributed by atoms with Crippen molar-refractivity contribution in [3.63, 3.8) is 0 Å². The fourth-order valence-corrected chi connectivity index (χ4v) is 8.22. The lowest BCUT2D eigenvalue weighted by Crippen LogP contribution is -2.39. The fraction of sp³-hybridized carbons (Fsp3) is 0.417. The highest BCUT2D eigenvalue weighted by atomic mass is 35.5. The number of nitrogens with one attached hydrogen (secondary N) is 2. The largest absolute Gasteiger partial charge is 0.449 e. The van der Waals surface area contributed by atoms with Gasteiger partial charge in [-0.3, -0.25) is 4.79 Å². The number of halogens is 4. The van der Waals surface area contributed by atoms with Crippen molar-refractivity contribution in [1.29, 1.82) is 0 Å². The zero-order chi connectivity index (χ0) is 26.2. The van der Waals surface area contributed by atoms with E-state index in [1.54, 1.807) is 0 Å². The highest BCUT2D eigenvalue weighted by Crippen LogP contribution is 2.50. The Morgan fingerprint density at radius 3 is 2.25 bits per heavy atom. The van der Waals surface area contributed by atoms with Gasteiger partial charge in [-0.1, -0.05) is 11.6 Å². The smallest absolute Gasteiger partial charge is 0.406 e. The molecule has 2 N–H and O–H groups in total. The summed E-state index contributed by atoms with van der Waals surface area (Å²) in [7, 11) is -2.48. The van der Waals surface area contributed by atoms with Gasteiger partial charge in [0.2, 0.25) is 0 Å². The summed E-state index contributed by atoms with van der Waals surface area (Å²) < 4.78 is 72.7. The summed E-state index contributed by atoms with van der Waals surface area (Å²) in [5.41, 5.74) is -0.422. The number of hydrogen-bond acceptors (Lipinski definition) is 5. The van der Waals surface area contributed by atoms with Crippen molar-refractivity contribution in [1.82, 2.24) is 5.32 Å². The number of sulfone groups is 1. The number of amides is 2. The van der Waals surface area contributed by atoms with Gasteiger partial charge in [-0.05, 0) is 61.6 Å². The van der Waals surface area contributed by atoms with E-state index >= 15 is 0 Å². The summed E-state index contributed by atoms with van der Waals surface area (Å²) in [4.78, 5) is 23.9. The maximum absolute atomic E-state index is 13.7. The molecule has 2 aromatic carbocycles. The molecule has 0 aliphatic heterocycles. The highest BCUT2D eigenvalue weighted by molar-refractivity contribution is 7.92. The van der Waals surface area contributed by atoms with E-state index in [-0.39, 0.29) is 45.5 Å². The first-order valence-corrected chi connectivity index (χ1v) is 13.3. The molecule has 7 nitrogen and oxygen atoms in total. The Morgan fingerprint density at radius 2 is 1.67 bits per heavy atom. The molecular formula is C24H24ClF3N2O5S. The van der Waals surface area contributed by atoms with E-state index in [2.05, 4.69) is 10.6 Å². The number of benzene rings is 2. The fourth-order valence-electron chi connectivity index (χ4n) is 5.35. The molecule has 2 aliphatic carbocycles. The highest BCUT2D eigenvalue weighted by Gasteiger charge is 2.50. The first-order valence-electron chi connectivity index (χ1n) is 11.3. The normalized spacial score (nSPS) is 23.2. The summed E-state index contributed by atoms with van der Waals surface area (Å²) in [6.07, 6.45) is 2.05.